The highest BCUT2D eigenvalue weighted by molar-refractivity contribution is 9.10. The number of nitrogens with one attached hydrogen (secondary N) is 1. The van der Waals surface area contributed by atoms with Crippen LogP contribution in [0.1, 0.15) is 16.7 Å². The predicted octanol–water partition coefficient (Wildman–Crippen LogP) is 3.24. The summed E-state index contributed by atoms with van der Waals surface area (Å²) in [5.74, 6) is 1.28. The Morgan fingerprint density at radius 3 is 3.08 bits per heavy atom. The molecule has 1 aliphatic heterocycles. The zero-order valence-corrected chi connectivity index (χ0v) is 9.77. The molecule has 1 aromatic heterocycles. The molecule has 1 aliphatic rings. The van der Waals surface area contributed by atoms with Gasteiger partial charge in [0.05, 0.1) is 5.37 Å². The van der Waals surface area contributed by atoms with Crippen molar-refractivity contribution >= 4 is 39.0 Å². The third kappa shape index (κ3) is 2.05. The van der Waals surface area contributed by atoms with Gasteiger partial charge in [-0.15, -0.1) is 23.1 Å². The lowest BCUT2D eigenvalue weighted by Crippen LogP contribution is -2.24. The fourth-order valence-electron chi connectivity index (χ4n) is 1.21. The molecule has 2 heterocycles. The van der Waals surface area contributed by atoms with Gasteiger partial charge in [0.2, 0.25) is 0 Å². The van der Waals surface area contributed by atoms with E-state index in [1.807, 2.05) is 23.1 Å². The Labute approximate surface area is 89.1 Å². The Bertz CT molecular complexity index is 255. The first-order chi connectivity index (χ1) is 5.86. The summed E-state index contributed by atoms with van der Waals surface area (Å²) < 4.78 is 1.20. The molecule has 1 unspecified atom stereocenters. The minimum Gasteiger partial charge on any atom is -0.301 e. The zero-order chi connectivity index (χ0) is 8.39. The standard InChI is InChI=1S/C8H10BrNS2/c9-6-4-7(12-5-6)8-10-2-1-3-11-8/h4-5,8,10H,1-3H2. The topological polar surface area (TPSA) is 12.0 Å². The van der Waals surface area contributed by atoms with Crippen LogP contribution in [-0.4, -0.2) is 12.3 Å². The molecule has 0 amide bonds. The molecule has 12 heavy (non-hydrogen) atoms. The van der Waals surface area contributed by atoms with Gasteiger partial charge in [0.1, 0.15) is 0 Å². The SMILES string of the molecule is Brc1csc(C2NCCCS2)c1. The van der Waals surface area contributed by atoms with Gasteiger partial charge in [-0.05, 0) is 40.7 Å². The number of thioether (sulfide) groups is 1. The molecular weight excluding hydrogens is 254 g/mol. The molecule has 0 bridgehead atoms. The average Bonchev–Trinajstić information content (AvgIpc) is 2.54. The van der Waals surface area contributed by atoms with Crippen molar-refractivity contribution in [1.29, 1.82) is 0 Å². The molecule has 0 radical (unpaired) electrons. The third-order valence-electron chi connectivity index (χ3n) is 1.78. The molecule has 0 spiro atoms. The van der Waals surface area contributed by atoms with E-state index in [2.05, 4.69) is 32.7 Å². The van der Waals surface area contributed by atoms with Crippen LogP contribution in [0.25, 0.3) is 0 Å². The molecule has 1 N–H and O–H groups in total. The van der Waals surface area contributed by atoms with Crippen molar-refractivity contribution in [3.05, 3.63) is 20.8 Å². The highest BCUT2D eigenvalue weighted by Crippen LogP contribution is 2.34. The van der Waals surface area contributed by atoms with Crippen LogP contribution in [0.2, 0.25) is 0 Å². The van der Waals surface area contributed by atoms with Crippen molar-refractivity contribution in [2.24, 2.45) is 0 Å². The fourth-order valence-corrected chi connectivity index (χ4v) is 4.00. The van der Waals surface area contributed by atoms with E-state index in [-0.39, 0.29) is 0 Å². The van der Waals surface area contributed by atoms with Crippen LogP contribution in [-0.2, 0) is 0 Å². The van der Waals surface area contributed by atoms with Crippen LogP contribution < -0.4 is 5.32 Å². The first-order valence-corrected chi connectivity index (χ1v) is 6.67. The van der Waals surface area contributed by atoms with Crippen molar-refractivity contribution in [2.45, 2.75) is 11.8 Å². The molecule has 0 aromatic carbocycles. The summed E-state index contributed by atoms with van der Waals surface area (Å²) in [6.45, 7) is 1.16. The second-order valence-corrected chi connectivity index (χ2v) is 5.80. The highest BCUT2D eigenvalue weighted by atomic mass is 79.9. The quantitative estimate of drug-likeness (QED) is 0.835. The molecule has 1 nitrogen and oxygen atoms in total. The van der Waals surface area contributed by atoms with Gasteiger partial charge in [0.25, 0.3) is 0 Å². The number of halogens is 1. The lowest BCUT2D eigenvalue weighted by molar-refractivity contribution is 0.649. The maximum atomic E-state index is 3.50. The number of hydrogen-bond donors (Lipinski definition) is 1. The van der Waals surface area contributed by atoms with Crippen molar-refractivity contribution in [3.63, 3.8) is 0 Å². The first-order valence-electron chi connectivity index (χ1n) is 3.95. The maximum absolute atomic E-state index is 3.50. The summed E-state index contributed by atoms with van der Waals surface area (Å²) in [5.41, 5.74) is 0. The Morgan fingerprint density at radius 1 is 1.58 bits per heavy atom. The third-order valence-corrected chi connectivity index (χ3v) is 4.97. The van der Waals surface area contributed by atoms with Crippen molar-refractivity contribution < 1.29 is 0 Å². The largest absolute Gasteiger partial charge is 0.301 e. The first kappa shape index (κ1) is 9.06. The summed E-state index contributed by atoms with van der Waals surface area (Å²) in [4.78, 5) is 1.44. The summed E-state index contributed by atoms with van der Waals surface area (Å²) in [5, 5.41) is 6.18. The van der Waals surface area contributed by atoms with Gasteiger partial charge in [0, 0.05) is 14.7 Å². The molecule has 4 heteroatoms. The molecule has 1 aromatic rings. The number of hydrogen-bond acceptors (Lipinski definition) is 3. The Kier molecular flexibility index (Phi) is 3.12. The molecule has 0 saturated carbocycles. The lowest BCUT2D eigenvalue weighted by Gasteiger charge is -2.21. The average molecular weight is 264 g/mol. The van der Waals surface area contributed by atoms with Crippen molar-refractivity contribution in [2.75, 3.05) is 12.3 Å². The minimum atomic E-state index is 0.537. The van der Waals surface area contributed by atoms with E-state index in [0.717, 1.165) is 6.54 Å². The normalized spacial score (nSPS) is 24.2. The van der Waals surface area contributed by atoms with Crippen LogP contribution in [0.4, 0.5) is 0 Å². The van der Waals surface area contributed by atoms with Crippen LogP contribution >= 0.6 is 39.0 Å². The zero-order valence-electron chi connectivity index (χ0n) is 6.55. The number of rotatable bonds is 1. The molecule has 2 rings (SSSR count). The molecule has 1 saturated heterocycles. The van der Waals surface area contributed by atoms with Crippen molar-refractivity contribution in [1.82, 2.24) is 5.32 Å². The minimum absolute atomic E-state index is 0.537. The van der Waals surface area contributed by atoms with Crippen LogP contribution in [0.3, 0.4) is 0 Å². The van der Waals surface area contributed by atoms with Gasteiger partial charge in [-0.2, -0.15) is 0 Å². The summed E-state index contributed by atoms with van der Waals surface area (Å²) in [7, 11) is 0. The van der Waals surface area contributed by atoms with Crippen LogP contribution in [0.5, 0.6) is 0 Å². The Morgan fingerprint density at radius 2 is 2.50 bits per heavy atom. The highest BCUT2D eigenvalue weighted by Gasteiger charge is 2.16. The van der Waals surface area contributed by atoms with Gasteiger partial charge >= 0.3 is 0 Å². The molecule has 1 atom stereocenters. The summed E-state index contributed by atoms with van der Waals surface area (Å²) in [6, 6.07) is 2.21. The van der Waals surface area contributed by atoms with E-state index in [9.17, 15) is 0 Å². The number of thiophene rings is 1. The Hall–Kier alpha value is 0.490. The monoisotopic (exact) mass is 263 g/mol. The van der Waals surface area contributed by atoms with E-state index in [4.69, 9.17) is 0 Å². The summed E-state index contributed by atoms with van der Waals surface area (Å²) >= 11 is 7.31. The van der Waals surface area contributed by atoms with Gasteiger partial charge in [-0.1, -0.05) is 0 Å². The van der Waals surface area contributed by atoms with E-state index in [0.29, 0.717) is 5.37 Å². The van der Waals surface area contributed by atoms with Gasteiger partial charge < -0.3 is 5.32 Å². The van der Waals surface area contributed by atoms with Crippen LogP contribution in [0.15, 0.2) is 15.9 Å². The van der Waals surface area contributed by atoms with E-state index >= 15 is 0 Å². The summed E-state index contributed by atoms with van der Waals surface area (Å²) in [6.07, 6.45) is 1.30. The second kappa shape index (κ2) is 4.13. The van der Waals surface area contributed by atoms with Crippen LogP contribution in [0, 0.1) is 0 Å². The van der Waals surface area contributed by atoms with Crippen molar-refractivity contribution in [3.8, 4) is 0 Å². The molecule has 1 fully saturated rings. The maximum Gasteiger partial charge on any atom is 0.0883 e. The van der Waals surface area contributed by atoms with Gasteiger partial charge in [0.15, 0.2) is 0 Å². The second-order valence-electron chi connectivity index (χ2n) is 2.73. The molecule has 66 valence electrons. The van der Waals surface area contributed by atoms with Gasteiger partial charge in [-0.3, -0.25) is 0 Å². The lowest BCUT2D eigenvalue weighted by atomic mass is 10.4. The smallest absolute Gasteiger partial charge is 0.0883 e. The van der Waals surface area contributed by atoms with E-state index in [1.54, 1.807) is 0 Å². The van der Waals surface area contributed by atoms with E-state index in [1.165, 1.54) is 21.5 Å². The van der Waals surface area contributed by atoms with Gasteiger partial charge in [-0.25, -0.2) is 0 Å². The molecule has 0 aliphatic carbocycles. The fraction of sp³-hybridized carbons (Fsp3) is 0.500. The Balaban J connectivity index is 2.08. The van der Waals surface area contributed by atoms with E-state index < -0.39 is 0 Å². The predicted molar refractivity (Wildman–Crippen MR) is 59.8 cm³/mol. The molecular formula is C8H10BrNS2.